The fraction of sp³-hybridized carbons (Fsp3) is 0.462. The molecule has 0 bridgehead atoms. The monoisotopic (exact) mass is 293 g/mol. The van der Waals surface area contributed by atoms with Gasteiger partial charge >= 0.3 is 5.69 Å². The van der Waals surface area contributed by atoms with Crippen molar-refractivity contribution in [2.24, 2.45) is 5.84 Å². The van der Waals surface area contributed by atoms with Crippen molar-refractivity contribution in [1.82, 2.24) is 4.90 Å². The summed E-state index contributed by atoms with van der Waals surface area (Å²) in [6.45, 7) is 4.55. The summed E-state index contributed by atoms with van der Waals surface area (Å²) < 4.78 is 0. The number of nitrogens with one attached hydrogen (secondary N) is 1. The van der Waals surface area contributed by atoms with Gasteiger partial charge in [0.1, 0.15) is 16.9 Å². The molecule has 0 unspecified atom stereocenters. The Kier molecular flexibility index (Phi) is 3.73. The standard InChI is InChI=1S/C13H19N5O3/c1-13(2)12(19)16(3)7-8-17(13)10-6-4-5-9(15-14)11(10)18(20)21/h4-6,15H,7-8,14H2,1-3H3. The van der Waals surface area contributed by atoms with Crippen LogP contribution in [0.15, 0.2) is 18.2 Å². The van der Waals surface area contributed by atoms with Crippen LogP contribution in [-0.2, 0) is 4.79 Å². The zero-order chi connectivity index (χ0) is 15.8. The van der Waals surface area contributed by atoms with Crippen molar-refractivity contribution in [2.45, 2.75) is 19.4 Å². The number of benzene rings is 1. The van der Waals surface area contributed by atoms with Crippen molar-refractivity contribution in [3.8, 4) is 0 Å². The van der Waals surface area contributed by atoms with E-state index in [4.69, 9.17) is 5.84 Å². The highest BCUT2D eigenvalue weighted by Crippen LogP contribution is 2.39. The van der Waals surface area contributed by atoms with Gasteiger partial charge in [-0.05, 0) is 26.0 Å². The average Bonchev–Trinajstić information content (AvgIpc) is 2.44. The maximum atomic E-state index is 12.3. The van der Waals surface area contributed by atoms with Gasteiger partial charge in [-0.1, -0.05) is 6.07 Å². The third kappa shape index (κ3) is 2.38. The highest BCUT2D eigenvalue weighted by molar-refractivity contribution is 5.92. The maximum absolute atomic E-state index is 12.3. The molecule has 1 aliphatic heterocycles. The number of hydrogen-bond acceptors (Lipinski definition) is 6. The summed E-state index contributed by atoms with van der Waals surface area (Å²) >= 11 is 0. The van der Waals surface area contributed by atoms with E-state index in [1.165, 1.54) is 6.07 Å². The summed E-state index contributed by atoms with van der Waals surface area (Å²) in [5.74, 6) is 5.28. The number of nitrogens with zero attached hydrogens (tertiary/aromatic N) is 3. The minimum absolute atomic E-state index is 0.0749. The van der Waals surface area contributed by atoms with Crippen molar-refractivity contribution in [3.05, 3.63) is 28.3 Å². The molecule has 1 amide bonds. The Morgan fingerprint density at radius 1 is 1.38 bits per heavy atom. The van der Waals surface area contributed by atoms with E-state index >= 15 is 0 Å². The first kappa shape index (κ1) is 15.0. The van der Waals surface area contributed by atoms with E-state index in [0.717, 1.165) is 0 Å². The summed E-state index contributed by atoms with van der Waals surface area (Å²) in [7, 11) is 1.73. The number of anilines is 2. The number of nitrogens with two attached hydrogens (primary N) is 1. The van der Waals surface area contributed by atoms with Gasteiger partial charge in [0, 0.05) is 20.1 Å². The fourth-order valence-corrected chi connectivity index (χ4v) is 2.69. The number of amides is 1. The van der Waals surface area contributed by atoms with E-state index in [0.29, 0.717) is 18.8 Å². The molecule has 8 heteroatoms. The molecule has 21 heavy (non-hydrogen) atoms. The van der Waals surface area contributed by atoms with Crippen LogP contribution in [-0.4, -0.2) is 41.4 Å². The second-order valence-electron chi connectivity index (χ2n) is 5.51. The second kappa shape index (κ2) is 5.21. The number of rotatable bonds is 3. The van der Waals surface area contributed by atoms with Gasteiger partial charge in [-0.3, -0.25) is 20.8 Å². The summed E-state index contributed by atoms with van der Waals surface area (Å²) in [6, 6.07) is 4.85. The van der Waals surface area contributed by atoms with E-state index < -0.39 is 10.5 Å². The van der Waals surface area contributed by atoms with Gasteiger partial charge in [-0.15, -0.1) is 0 Å². The van der Waals surface area contributed by atoms with E-state index in [1.54, 1.807) is 42.8 Å². The van der Waals surface area contributed by atoms with E-state index in [-0.39, 0.29) is 17.3 Å². The van der Waals surface area contributed by atoms with Gasteiger partial charge in [0.2, 0.25) is 5.91 Å². The molecule has 1 fully saturated rings. The molecular weight excluding hydrogens is 274 g/mol. The smallest absolute Gasteiger partial charge is 0.316 e. The molecule has 0 spiro atoms. The van der Waals surface area contributed by atoms with Gasteiger partial charge in [0.05, 0.1) is 4.92 Å². The number of nitro groups is 1. The number of nitro benzene ring substituents is 1. The van der Waals surface area contributed by atoms with Crippen LogP contribution in [0.2, 0.25) is 0 Å². The first-order chi connectivity index (χ1) is 9.80. The van der Waals surface area contributed by atoms with E-state index in [9.17, 15) is 14.9 Å². The number of carbonyl (C=O) groups is 1. The molecule has 1 aliphatic rings. The number of para-hydroxylation sites is 1. The molecule has 0 atom stereocenters. The van der Waals surface area contributed by atoms with Gasteiger partial charge in [0.25, 0.3) is 0 Å². The molecule has 1 saturated heterocycles. The molecule has 0 saturated carbocycles. The van der Waals surface area contributed by atoms with Gasteiger partial charge in [-0.25, -0.2) is 0 Å². The third-order valence-corrected chi connectivity index (χ3v) is 3.85. The highest BCUT2D eigenvalue weighted by atomic mass is 16.6. The van der Waals surface area contributed by atoms with Crippen LogP contribution < -0.4 is 16.2 Å². The Morgan fingerprint density at radius 2 is 2.05 bits per heavy atom. The highest BCUT2D eigenvalue weighted by Gasteiger charge is 2.43. The van der Waals surface area contributed by atoms with Crippen LogP contribution in [0.1, 0.15) is 13.8 Å². The van der Waals surface area contributed by atoms with Crippen molar-refractivity contribution >= 4 is 23.0 Å². The minimum atomic E-state index is -0.856. The zero-order valence-electron chi connectivity index (χ0n) is 12.3. The third-order valence-electron chi connectivity index (χ3n) is 3.85. The molecule has 8 nitrogen and oxygen atoms in total. The minimum Gasteiger partial charge on any atom is -0.350 e. The largest absolute Gasteiger partial charge is 0.350 e. The van der Waals surface area contributed by atoms with Gasteiger partial charge in [-0.2, -0.15) is 0 Å². The maximum Gasteiger partial charge on any atom is 0.316 e. The fourth-order valence-electron chi connectivity index (χ4n) is 2.69. The van der Waals surface area contributed by atoms with Gasteiger partial charge < -0.3 is 15.2 Å². The predicted molar refractivity (Wildman–Crippen MR) is 80.0 cm³/mol. The molecule has 1 aromatic carbocycles. The Bertz CT molecular complexity index is 587. The van der Waals surface area contributed by atoms with Crippen molar-refractivity contribution in [2.75, 3.05) is 30.5 Å². The van der Waals surface area contributed by atoms with Crippen LogP contribution >= 0.6 is 0 Å². The number of hydrazine groups is 1. The predicted octanol–water partition coefficient (Wildman–Crippen LogP) is 0.937. The number of hydrogen-bond donors (Lipinski definition) is 2. The molecule has 1 aromatic rings. The summed E-state index contributed by atoms with van der Waals surface area (Å²) in [4.78, 5) is 26.6. The van der Waals surface area contributed by atoms with Crippen LogP contribution in [0.25, 0.3) is 0 Å². The number of piperazine rings is 1. The van der Waals surface area contributed by atoms with E-state index in [1.807, 2.05) is 0 Å². The lowest BCUT2D eigenvalue weighted by Crippen LogP contribution is -2.62. The first-order valence-electron chi connectivity index (χ1n) is 6.58. The summed E-state index contributed by atoms with van der Waals surface area (Å²) in [5.41, 5.74) is 1.98. The molecule has 0 radical (unpaired) electrons. The number of likely N-dealkylation sites (N-methyl/N-ethyl adjacent to an activating group) is 1. The molecule has 0 aromatic heterocycles. The lowest BCUT2D eigenvalue weighted by Gasteiger charge is -2.45. The molecule has 1 heterocycles. The lowest BCUT2D eigenvalue weighted by atomic mass is 9.96. The molecule has 0 aliphatic carbocycles. The molecule has 3 N–H and O–H groups in total. The Hall–Kier alpha value is -2.35. The van der Waals surface area contributed by atoms with Crippen molar-refractivity contribution in [3.63, 3.8) is 0 Å². The SMILES string of the molecule is CN1CCN(c2cccc(NN)c2[N+](=O)[O-])C(C)(C)C1=O. The van der Waals surface area contributed by atoms with Gasteiger partial charge in [0.15, 0.2) is 0 Å². The van der Waals surface area contributed by atoms with Crippen LogP contribution in [0.4, 0.5) is 17.1 Å². The summed E-state index contributed by atoms with van der Waals surface area (Å²) in [6.07, 6.45) is 0. The average molecular weight is 293 g/mol. The zero-order valence-corrected chi connectivity index (χ0v) is 12.3. The van der Waals surface area contributed by atoms with Crippen LogP contribution in [0.5, 0.6) is 0 Å². The van der Waals surface area contributed by atoms with Crippen LogP contribution in [0, 0.1) is 10.1 Å². The second-order valence-corrected chi connectivity index (χ2v) is 5.51. The number of carbonyl (C=O) groups excluding carboxylic acids is 1. The lowest BCUT2D eigenvalue weighted by molar-refractivity contribution is -0.383. The quantitative estimate of drug-likeness (QED) is 0.488. The van der Waals surface area contributed by atoms with E-state index in [2.05, 4.69) is 5.43 Å². The van der Waals surface area contributed by atoms with Crippen molar-refractivity contribution in [1.29, 1.82) is 0 Å². The topological polar surface area (TPSA) is 105 Å². The number of nitrogen functional groups attached to an aromatic ring is 1. The van der Waals surface area contributed by atoms with Crippen LogP contribution in [0.3, 0.4) is 0 Å². The Labute approximate surface area is 122 Å². The Morgan fingerprint density at radius 3 is 2.62 bits per heavy atom. The molecule has 2 rings (SSSR count). The Balaban J connectivity index is 2.56. The normalized spacial score (nSPS) is 17.8. The summed E-state index contributed by atoms with van der Waals surface area (Å²) in [5, 5.41) is 11.4. The first-order valence-corrected chi connectivity index (χ1v) is 6.58. The van der Waals surface area contributed by atoms with Crippen molar-refractivity contribution < 1.29 is 9.72 Å². The molecular formula is C13H19N5O3. The molecule has 114 valence electrons.